The summed E-state index contributed by atoms with van der Waals surface area (Å²) in [4.78, 5) is 11.2. The third-order valence-electron chi connectivity index (χ3n) is 1.45. The fourth-order valence-electron chi connectivity index (χ4n) is 0.816. The second-order valence-electron chi connectivity index (χ2n) is 2.43. The quantitative estimate of drug-likeness (QED) is 0.672. The number of aromatic nitrogens is 2. The Kier molecular flexibility index (Phi) is 3.33. The number of nitrogens with zero attached hydrogens (tertiary/aromatic N) is 2. The van der Waals surface area contributed by atoms with Crippen molar-refractivity contribution in [3.63, 3.8) is 0 Å². The first kappa shape index (κ1) is 9.60. The zero-order chi connectivity index (χ0) is 9.68. The molecule has 5 heteroatoms. The smallest absolute Gasteiger partial charge is 0.271 e. The first-order valence-electron chi connectivity index (χ1n) is 3.99. The van der Waals surface area contributed by atoms with Gasteiger partial charge in [0.1, 0.15) is 0 Å². The van der Waals surface area contributed by atoms with Crippen molar-refractivity contribution < 1.29 is 9.90 Å². The zero-order valence-electron chi connectivity index (χ0n) is 7.32. The predicted octanol–water partition coefficient (Wildman–Crippen LogP) is -0.281. The van der Waals surface area contributed by atoms with Crippen LogP contribution in [0.2, 0.25) is 0 Å². The van der Waals surface area contributed by atoms with Crippen LogP contribution in [0.4, 0.5) is 0 Å². The molecule has 1 rings (SSSR count). The minimum Gasteiger partial charge on any atom is -0.390 e. The second-order valence-corrected chi connectivity index (χ2v) is 2.43. The van der Waals surface area contributed by atoms with E-state index in [1.807, 2.05) is 6.92 Å². The SMILES string of the molecule is CCNC(=O)c1ccc(CO)nn1. The first-order valence-corrected chi connectivity index (χ1v) is 3.99. The fourth-order valence-corrected chi connectivity index (χ4v) is 0.816. The number of hydrogen-bond donors (Lipinski definition) is 2. The zero-order valence-corrected chi connectivity index (χ0v) is 7.32. The molecule has 0 bridgehead atoms. The molecule has 0 spiro atoms. The Bertz CT molecular complexity index is 284. The number of aliphatic hydroxyl groups excluding tert-OH is 1. The van der Waals surface area contributed by atoms with Crippen molar-refractivity contribution in [2.45, 2.75) is 13.5 Å². The van der Waals surface area contributed by atoms with Crippen LogP contribution < -0.4 is 5.32 Å². The number of rotatable bonds is 3. The highest BCUT2D eigenvalue weighted by atomic mass is 16.3. The summed E-state index contributed by atoms with van der Waals surface area (Å²) in [5.41, 5.74) is 0.715. The summed E-state index contributed by atoms with van der Waals surface area (Å²) in [6, 6.07) is 3.10. The normalized spacial score (nSPS) is 9.69. The molecule has 2 N–H and O–H groups in total. The molecule has 0 radical (unpaired) electrons. The molecular weight excluding hydrogens is 170 g/mol. The molecule has 0 aliphatic carbocycles. The number of amides is 1. The molecule has 0 fully saturated rings. The highest BCUT2D eigenvalue weighted by molar-refractivity contribution is 5.91. The highest BCUT2D eigenvalue weighted by Crippen LogP contribution is 1.95. The van der Waals surface area contributed by atoms with E-state index < -0.39 is 0 Å². The summed E-state index contributed by atoms with van der Waals surface area (Å²) in [7, 11) is 0. The molecule has 70 valence electrons. The standard InChI is InChI=1S/C8H11N3O2/c1-2-9-8(13)7-4-3-6(5-12)10-11-7/h3-4,12H,2,5H2,1H3,(H,9,13). The maximum Gasteiger partial charge on any atom is 0.271 e. The van der Waals surface area contributed by atoms with Crippen molar-refractivity contribution in [2.24, 2.45) is 0 Å². The third-order valence-corrected chi connectivity index (χ3v) is 1.45. The predicted molar refractivity (Wildman–Crippen MR) is 46.0 cm³/mol. The molecule has 1 aromatic rings. The average molecular weight is 181 g/mol. The molecule has 1 amide bonds. The minimum atomic E-state index is -0.250. The van der Waals surface area contributed by atoms with Gasteiger partial charge in [0.05, 0.1) is 12.3 Å². The summed E-state index contributed by atoms with van der Waals surface area (Å²) in [5, 5.41) is 18.5. The molecule has 0 atom stereocenters. The van der Waals surface area contributed by atoms with E-state index in [9.17, 15) is 4.79 Å². The lowest BCUT2D eigenvalue weighted by molar-refractivity contribution is 0.0949. The lowest BCUT2D eigenvalue weighted by atomic mass is 10.3. The summed E-state index contributed by atoms with van der Waals surface area (Å²) in [5.74, 6) is -0.250. The molecule has 1 heterocycles. The van der Waals surface area contributed by atoms with Gasteiger partial charge in [-0.05, 0) is 19.1 Å². The summed E-state index contributed by atoms with van der Waals surface area (Å²) < 4.78 is 0. The van der Waals surface area contributed by atoms with Crippen molar-refractivity contribution in [3.8, 4) is 0 Å². The summed E-state index contributed by atoms with van der Waals surface area (Å²) in [6.45, 7) is 2.22. The largest absolute Gasteiger partial charge is 0.390 e. The fraction of sp³-hybridized carbons (Fsp3) is 0.375. The monoisotopic (exact) mass is 181 g/mol. The molecule has 13 heavy (non-hydrogen) atoms. The van der Waals surface area contributed by atoms with Crippen molar-refractivity contribution >= 4 is 5.91 Å². The maximum atomic E-state index is 11.2. The summed E-state index contributed by atoms with van der Waals surface area (Å²) >= 11 is 0. The van der Waals surface area contributed by atoms with Crippen LogP contribution in [0.1, 0.15) is 23.1 Å². The van der Waals surface area contributed by atoms with Gasteiger partial charge in [-0.3, -0.25) is 4.79 Å². The van der Waals surface area contributed by atoms with Crippen molar-refractivity contribution in [1.29, 1.82) is 0 Å². The number of aliphatic hydroxyl groups is 1. The molecular formula is C8H11N3O2. The Labute approximate surface area is 75.8 Å². The van der Waals surface area contributed by atoms with Crippen LogP contribution in [-0.2, 0) is 6.61 Å². The number of carbonyl (C=O) groups is 1. The van der Waals surface area contributed by atoms with Gasteiger partial charge in [0.2, 0.25) is 0 Å². The van der Waals surface area contributed by atoms with Crippen LogP contribution in [-0.4, -0.2) is 27.8 Å². The van der Waals surface area contributed by atoms with Crippen LogP contribution in [0.3, 0.4) is 0 Å². The van der Waals surface area contributed by atoms with Crippen LogP contribution >= 0.6 is 0 Å². The molecule has 0 aliphatic rings. The topological polar surface area (TPSA) is 75.1 Å². The van der Waals surface area contributed by atoms with Gasteiger partial charge in [-0.15, -0.1) is 5.10 Å². The van der Waals surface area contributed by atoms with E-state index in [-0.39, 0.29) is 18.2 Å². The Balaban J connectivity index is 2.74. The Morgan fingerprint density at radius 3 is 2.77 bits per heavy atom. The van der Waals surface area contributed by atoms with E-state index in [0.717, 1.165) is 0 Å². The molecule has 0 aliphatic heterocycles. The van der Waals surface area contributed by atoms with Crippen LogP contribution in [0.15, 0.2) is 12.1 Å². The number of hydrogen-bond acceptors (Lipinski definition) is 4. The number of carbonyl (C=O) groups excluding carboxylic acids is 1. The summed E-state index contributed by atoms with van der Waals surface area (Å²) in [6.07, 6.45) is 0. The van der Waals surface area contributed by atoms with Crippen LogP contribution in [0.25, 0.3) is 0 Å². The van der Waals surface area contributed by atoms with Gasteiger partial charge in [-0.25, -0.2) is 0 Å². The Morgan fingerprint density at radius 2 is 2.31 bits per heavy atom. The van der Waals surface area contributed by atoms with Crippen molar-refractivity contribution in [2.75, 3.05) is 6.54 Å². The first-order chi connectivity index (χ1) is 6.27. The molecule has 0 saturated heterocycles. The Hall–Kier alpha value is -1.49. The second kappa shape index (κ2) is 4.51. The van der Waals surface area contributed by atoms with Crippen LogP contribution in [0.5, 0.6) is 0 Å². The van der Waals surface area contributed by atoms with Gasteiger partial charge in [0.25, 0.3) is 5.91 Å². The van der Waals surface area contributed by atoms with Gasteiger partial charge in [-0.2, -0.15) is 5.10 Å². The molecule has 5 nitrogen and oxygen atoms in total. The lowest BCUT2D eigenvalue weighted by Crippen LogP contribution is -2.24. The van der Waals surface area contributed by atoms with Crippen LogP contribution in [0, 0.1) is 0 Å². The van der Waals surface area contributed by atoms with E-state index >= 15 is 0 Å². The lowest BCUT2D eigenvalue weighted by Gasteiger charge is -2.00. The van der Waals surface area contributed by atoms with Crippen molar-refractivity contribution in [3.05, 3.63) is 23.5 Å². The Morgan fingerprint density at radius 1 is 1.54 bits per heavy atom. The van der Waals surface area contributed by atoms with Gasteiger partial charge in [-0.1, -0.05) is 0 Å². The maximum absolute atomic E-state index is 11.2. The third kappa shape index (κ3) is 2.48. The molecule has 0 aromatic carbocycles. The molecule has 1 aromatic heterocycles. The van der Waals surface area contributed by atoms with Crippen molar-refractivity contribution in [1.82, 2.24) is 15.5 Å². The van der Waals surface area contributed by atoms with E-state index in [4.69, 9.17) is 5.11 Å². The van der Waals surface area contributed by atoms with Gasteiger partial charge >= 0.3 is 0 Å². The van der Waals surface area contributed by atoms with E-state index in [2.05, 4.69) is 15.5 Å². The average Bonchev–Trinajstić information content (AvgIpc) is 2.18. The van der Waals surface area contributed by atoms with E-state index in [1.165, 1.54) is 6.07 Å². The van der Waals surface area contributed by atoms with E-state index in [1.54, 1.807) is 6.07 Å². The van der Waals surface area contributed by atoms with Gasteiger partial charge < -0.3 is 10.4 Å². The number of nitrogens with one attached hydrogen (secondary N) is 1. The highest BCUT2D eigenvalue weighted by Gasteiger charge is 2.05. The van der Waals surface area contributed by atoms with Gasteiger partial charge in [0, 0.05) is 6.54 Å². The minimum absolute atomic E-state index is 0.164. The van der Waals surface area contributed by atoms with Gasteiger partial charge in [0.15, 0.2) is 5.69 Å². The van der Waals surface area contributed by atoms with E-state index in [0.29, 0.717) is 12.2 Å². The molecule has 0 unspecified atom stereocenters. The molecule has 0 saturated carbocycles.